The van der Waals surface area contributed by atoms with Gasteiger partial charge in [0.2, 0.25) is 5.91 Å². The number of likely N-dealkylation sites (tertiary alicyclic amines) is 1. The molecule has 1 aliphatic heterocycles. The largest absolute Gasteiger partial charge is 0.371 e. The van der Waals surface area contributed by atoms with Crippen LogP contribution in [0.3, 0.4) is 0 Å². The molecule has 2 rings (SSSR count). The third-order valence-corrected chi connectivity index (χ3v) is 4.47. The summed E-state index contributed by atoms with van der Waals surface area (Å²) in [6.07, 6.45) is 4.37. The van der Waals surface area contributed by atoms with Crippen LogP contribution >= 0.6 is 0 Å². The van der Waals surface area contributed by atoms with Crippen molar-refractivity contribution >= 4 is 11.6 Å². The van der Waals surface area contributed by atoms with Gasteiger partial charge in [-0.05, 0) is 18.4 Å². The van der Waals surface area contributed by atoms with E-state index in [0.29, 0.717) is 6.42 Å². The van der Waals surface area contributed by atoms with Gasteiger partial charge in [0, 0.05) is 37.7 Å². The molecule has 1 aromatic carbocycles. The smallest absolute Gasteiger partial charge is 0.220 e. The minimum Gasteiger partial charge on any atom is -0.371 e. The number of hydrogen-bond acceptors (Lipinski definition) is 2. The third-order valence-electron chi connectivity index (χ3n) is 4.47. The zero-order valence-corrected chi connectivity index (χ0v) is 12.8. The lowest BCUT2D eigenvalue weighted by Gasteiger charge is -2.41. The molecule has 0 atom stereocenters. The van der Waals surface area contributed by atoms with Gasteiger partial charge in [-0.1, -0.05) is 43.0 Å². The van der Waals surface area contributed by atoms with Gasteiger partial charge < -0.3 is 10.2 Å². The number of allylic oxidation sites excluding steroid dienone is 1. The lowest BCUT2D eigenvalue weighted by molar-refractivity contribution is -0.122. The molecule has 3 nitrogen and oxygen atoms in total. The highest BCUT2D eigenvalue weighted by atomic mass is 16.1. The molecule has 1 N–H and O–H groups in total. The first kappa shape index (κ1) is 15.4. The van der Waals surface area contributed by atoms with Crippen molar-refractivity contribution < 1.29 is 4.79 Å². The maximum atomic E-state index is 11.7. The molecule has 3 heteroatoms. The summed E-state index contributed by atoms with van der Waals surface area (Å²) in [7, 11) is 1.69. The van der Waals surface area contributed by atoms with Gasteiger partial charge >= 0.3 is 0 Å². The molecule has 0 aromatic heterocycles. The lowest BCUT2D eigenvalue weighted by atomic mass is 9.75. The SMILES string of the molecule is C=CC1(CC(=O)NC)CCN(C(=C)c2ccccc2)CC1. The fraction of sp³-hybridized carbons (Fsp3) is 0.389. The Morgan fingerprint density at radius 3 is 2.48 bits per heavy atom. The van der Waals surface area contributed by atoms with Gasteiger partial charge in [0.1, 0.15) is 0 Å². The molecule has 1 aliphatic rings. The van der Waals surface area contributed by atoms with Crippen LogP contribution in [-0.2, 0) is 4.79 Å². The number of hydrogen-bond donors (Lipinski definition) is 1. The molecule has 0 radical (unpaired) electrons. The van der Waals surface area contributed by atoms with Crippen LogP contribution in [0.2, 0.25) is 0 Å². The average molecular weight is 284 g/mol. The highest BCUT2D eigenvalue weighted by molar-refractivity contribution is 5.76. The van der Waals surface area contributed by atoms with Crippen LogP contribution < -0.4 is 5.32 Å². The van der Waals surface area contributed by atoms with E-state index >= 15 is 0 Å². The molecule has 1 saturated heterocycles. The summed E-state index contributed by atoms with van der Waals surface area (Å²) in [6, 6.07) is 10.2. The van der Waals surface area contributed by atoms with Crippen LogP contribution in [-0.4, -0.2) is 30.9 Å². The summed E-state index contributed by atoms with van der Waals surface area (Å²) < 4.78 is 0. The van der Waals surface area contributed by atoms with E-state index in [4.69, 9.17) is 0 Å². The zero-order valence-electron chi connectivity index (χ0n) is 12.8. The van der Waals surface area contributed by atoms with Gasteiger partial charge in [0.05, 0.1) is 0 Å². The highest BCUT2D eigenvalue weighted by Gasteiger charge is 2.34. The summed E-state index contributed by atoms with van der Waals surface area (Å²) >= 11 is 0. The monoisotopic (exact) mass is 284 g/mol. The normalized spacial score (nSPS) is 17.1. The molecule has 1 amide bonds. The van der Waals surface area contributed by atoms with E-state index in [0.717, 1.165) is 37.2 Å². The molecular formula is C18H24N2O. The van der Waals surface area contributed by atoms with E-state index in [9.17, 15) is 4.79 Å². The second-order valence-electron chi connectivity index (χ2n) is 5.72. The molecule has 0 aliphatic carbocycles. The van der Waals surface area contributed by atoms with Gasteiger partial charge in [-0.2, -0.15) is 0 Å². The first-order valence-electron chi connectivity index (χ1n) is 7.44. The molecule has 0 bridgehead atoms. The number of carbonyl (C=O) groups is 1. The maximum absolute atomic E-state index is 11.7. The lowest BCUT2D eigenvalue weighted by Crippen LogP contribution is -2.40. The number of carbonyl (C=O) groups excluding carboxylic acids is 1. The molecule has 1 fully saturated rings. The predicted molar refractivity (Wildman–Crippen MR) is 87.6 cm³/mol. The Kier molecular flexibility index (Phi) is 4.84. The van der Waals surface area contributed by atoms with Crippen LogP contribution in [0.15, 0.2) is 49.6 Å². The quantitative estimate of drug-likeness (QED) is 0.843. The number of nitrogens with zero attached hydrogens (tertiary/aromatic N) is 1. The van der Waals surface area contributed by atoms with Gasteiger partial charge in [0.25, 0.3) is 0 Å². The first-order valence-corrected chi connectivity index (χ1v) is 7.44. The molecular weight excluding hydrogens is 260 g/mol. The topological polar surface area (TPSA) is 32.3 Å². The number of rotatable bonds is 5. The van der Waals surface area contributed by atoms with Crippen molar-refractivity contribution in [2.75, 3.05) is 20.1 Å². The molecule has 112 valence electrons. The van der Waals surface area contributed by atoms with Gasteiger partial charge in [0.15, 0.2) is 0 Å². The van der Waals surface area contributed by atoms with E-state index in [1.165, 1.54) is 0 Å². The third kappa shape index (κ3) is 3.54. The highest BCUT2D eigenvalue weighted by Crippen LogP contribution is 2.38. The summed E-state index contributed by atoms with van der Waals surface area (Å²) in [5.74, 6) is 0.0882. The number of amides is 1. The molecule has 0 saturated carbocycles. The van der Waals surface area contributed by atoms with Gasteiger partial charge in [-0.25, -0.2) is 0 Å². The maximum Gasteiger partial charge on any atom is 0.220 e. The second kappa shape index (κ2) is 6.61. The Labute approximate surface area is 127 Å². The minimum absolute atomic E-state index is 0.0758. The standard InChI is InChI=1S/C18H24N2O/c1-4-18(14-17(21)19-3)10-12-20(13-11-18)15(2)16-8-6-5-7-9-16/h4-9H,1-2,10-14H2,3H3,(H,19,21). The molecule has 1 aromatic rings. The van der Waals surface area contributed by atoms with Crippen LogP contribution in [0.1, 0.15) is 24.8 Å². The fourth-order valence-electron chi connectivity index (χ4n) is 2.90. The Balaban J connectivity index is 2.00. The van der Waals surface area contributed by atoms with E-state index in [-0.39, 0.29) is 11.3 Å². The Morgan fingerprint density at radius 1 is 1.33 bits per heavy atom. The minimum atomic E-state index is -0.0758. The first-order chi connectivity index (χ1) is 10.1. The van der Waals surface area contributed by atoms with Crippen LogP contribution in [0.4, 0.5) is 0 Å². The zero-order chi connectivity index (χ0) is 15.3. The van der Waals surface area contributed by atoms with Crippen molar-refractivity contribution in [1.29, 1.82) is 0 Å². The number of nitrogens with one attached hydrogen (secondary N) is 1. The summed E-state index contributed by atoms with van der Waals surface area (Å²) in [4.78, 5) is 14.0. The molecule has 0 spiro atoms. The van der Waals surface area contributed by atoms with E-state index in [1.807, 2.05) is 24.3 Å². The van der Waals surface area contributed by atoms with Crippen molar-refractivity contribution in [2.45, 2.75) is 19.3 Å². The number of benzene rings is 1. The molecule has 21 heavy (non-hydrogen) atoms. The van der Waals surface area contributed by atoms with Crippen LogP contribution in [0.5, 0.6) is 0 Å². The van der Waals surface area contributed by atoms with Crippen molar-refractivity contribution in [1.82, 2.24) is 10.2 Å². The van der Waals surface area contributed by atoms with Crippen molar-refractivity contribution in [3.8, 4) is 0 Å². The van der Waals surface area contributed by atoms with Crippen molar-refractivity contribution in [2.24, 2.45) is 5.41 Å². The fourth-order valence-corrected chi connectivity index (χ4v) is 2.90. The molecule has 1 heterocycles. The van der Waals surface area contributed by atoms with Gasteiger partial charge in [-0.3, -0.25) is 4.79 Å². The molecule has 0 unspecified atom stereocenters. The van der Waals surface area contributed by atoms with Gasteiger partial charge in [-0.15, -0.1) is 6.58 Å². The Bertz CT molecular complexity index is 513. The van der Waals surface area contributed by atoms with Crippen LogP contribution in [0.25, 0.3) is 5.70 Å². The second-order valence-corrected chi connectivity index (χ2v) is 5.72. The summed E-state index contributed by atoms with van der Waals surface area (Å²) in [5, 5.41) is 2.71. The van der Waals surface area contributed by atoms with E-state index < -0.39 is 0 Å². The Morgan fingerprint density at radius 2 is 1.95 bits per heavy atom. The van der Waals surface area contributed by atoms with Crippen molar-refractivity contribution in [3.05, 3.63) is 55.1 Å². The van der Waals surface area contributed by atoms with Crippen molar-refractivity contribution in [3.63, 3.8) is 0 Å². The van der Waals surface area contributed by atoms with Crippen LogP contribution in [0, 0.1) is 5.41 Å². The Hall–Kier alpha value is -2.03. The number of piperidine rings is 1. The van der Waals surface area contributed by atoms with E-state index in [1.54, 1.807) is 7.05 Å². The summed E-state index contributed by atoms with van der Waals surface area (Å²) in [5.41, 5.74) is 2.15. The summed E-state index contributed by atoms with van der Waals surface area (Å²) in [6.45, 7) is 10.00. The predicted octanol–water partition coefficient (Wildman–Crippen LogP) is 3.06. The average Bonchev–Trinajstić information content (AvgIpc) is 2.55. The van der Waals surface area contributed by atoms with E-state index in [2.05, 4.69) is 35.5 Å².